The van der Waals surface area contributed by atoms with Crippen molar-refractivity contribution in [2.24, 2.45) is 5.73 Å². The molecule has 0 aliphatic carbocycles. The summed E-state index contributed by atoms with van der Waals surface area (Å²) in [6.07, 6.45) is -4.98. The van der Waals surface area contributed by atoms with Gasteiger partial charge in [-0.25, -0.2) is 0 Å². The van der Waals surface area contributed by atoms with Gasteiger partial charge in [0.2, 0.25) is 5.91 Å². The molecule has 2 N–H and O–H groups in total. The first-order chi connectivity index (χ1) is 7.28. The van der Waals surface area contributed by atoms with Gasteiger partial charge < -0.3 is 15.4 Å². The van der Waals surface area contributed by atoms with Crippen LogP contribution in [-0.2, 0) is 9.53 Å². The average Bonchev–Trinajstić information content (AvgIpc) is 2.20. The highest BCUT2D eigenvalue weighted by Crippen LogP contribution is 2.19. The normalized spacial score (nSPS) is 13.6. The number of carbonyl (C=O) groups is 1. The zero-order valence-corrected chi connectivity index (χ0v) is 9.38. The number of amides is 1. The van der Waals surface area contributed by atoms with E-state index in [2.05, 4.69) is 0 Å². The Labute approximate surface area is 92.5 Å². The highest BCUT2D eigenvalue weighted by Gasteiger charge is 2.28. The summed E-state index contributed by atoms with van der Waals surface area (Å²) in [7, 11) is 2.77. The summed E-state index contributed by atoms with van der Waals surface area (Å²) >= 11 is 0. The van der Waals surface area contributed by atoms with E-state index in [0.29, 0.717) is 13.0 Å². The Morgan fingerprint density at radius 1 is 1.50 bits per heavy atom. The van der Waals surface area contributed by atoms with Crippen LogP contribution in [-0.4, -0.2) is 50.3 Å². The predicted molar refractivity (Wildman–Crippen MR) is 52.8 cm³/mol. The summed E-state index contributed by atoms with van der Waals surface area (Å²) in [4.78, 5) is 12.4. The molecule has 96 valence electrons. The number of nitrogens with two attached hydrogens (primary N) is 1. The largest absolute Gasteiger partial charge is 0.390 e. The van der Waals surface area contributed by atoms with Gasteiger partial charge in [-0.1, -0.05) is 0 Å². The first kappa shape index (κ1) is 15.2. The summed E-state index contributed by atoms with van der Waals surface area (Å²) < 4.78 is 40.4. The standard InChI is InChI=1S/C9H17F3N2O2/c1-14(5-4-9(10,11)12)8(15)7(13)3-6-16-2/h7H,3-6,13H2,1-2H3. The van der Waals surface area contributed by atoms with E-state index in [1.54, 1.807) is 0 Å². The fourth-order valence-corrected chi connectivity index (χ4v) is 1.06. The number of alkyl halides is 3. The second-order valence-corrected chi connectivity index (χ2v) is 3.51. The Bertz CT molecular complexity index is 221. The maximum atomic E-state index is 11.9. The van der Waals surface area contributed by atoms with Crippen molar-refractivity contribution in [3.8, 4) is 0 Å². The van der Waals surface area contributed by atoms with E-state index in [1.165, 1.54) is 14.2 Å². The van der Waals surface area contributed by atoms with Gasteiger partial charge in [0, 0.05) is 27.3 Å². The van der Waals surface area contributed by atoms with E-state index in [0.717, 1.165) is 4.90 Å². The number of halogens is 3. The fraction of sp³-hybridized carbons (Fsp3) is 0.889. The van der Waals surface area contributed by atoms with E-state index in [-0.39, 0.29) is 6.54 Å². The molecule has 0 fully saturated rings. The van der Waals surface area contributed by atoms with Gasteiger partial charge in [0.25, 0.3) is 0 Å². The molecule has 0 aromatic heterocycles. The highest BCUT2D eigenvalue weighted by atomic mass is 19.4. The van der Waals surface area contributed by atoms with Crippen molar-refractivity contribution in [2.75, 3.05) is 27.3 Å². The van der Waals surface area contributed by atoms with E-state index >= 15 is 0 Å². The fourth-order valence-electron chi connectivity index (χ4n) is 1.06. The number of carbonyl (C=O) groups excluding carboxylic acids is 1. The van der Waals surface area contributed by atoms with Gasteiger partial charge in [-0.2, -0.15) is 13.2 Å². The summed E-state index contributed by atoms with van der Waals surface area (Å²) in [6.45, 7) is -0.0664. The lowest BCUT2D eigenvalue weighted by molar-refractivity contribution is -0.144. The van der Waals surface area contributed by atoms with Crippen LogP contribution in [0.3, 0.4) is 0 Å². The third-order valence-corrected chi connectivity index (χ3v) is 2.06. The van der Waals surface area contributed by atoms with Crippen LogP contribution < -0.4 is 5.73 Å². The summed E-state index contributed by atoms with van der Waals surface area (Å²) in [5.74, 6) is -0.499. The first-order valence-corrected chi connectivity index (χ1v) is 4.84. The molecule has 0 bridgehead atoms. The molecule has 0 radical (unpaired) electrons. The van der Waals surface area contributed by atoms with Crippen molar-refractivity contribution >= 4 is 5.91 Å². The topological polar surface area (TPSA) is 55.6 Å². The summed E-state index contributed by atoms with van der Waals surface area (Å²) in [6, 6.07) is -0.807. The molecule has 16 heavy (non-hydrogen) atoms. The Balaban J connectivity index is 3.98. The van der Waals surface area contributed by atoms with Gasteiger partial charge in [-0.15, -0.1) is 0 Å². The monoisotopic (exact) mass is 242 g/mol. The van der Waals surface area contributed by atoms with E-state index < -0.39 is 24.5 Å². The minimum atomic E-state index is -4.26. The van der Waals surface area contributed by atoms with Gasteiger partial charge in [0.05, 0.1) is 12.5 Å². The van der Waals surface area contributed by atoms with Crippen LogP contribution in [0.5, 0.6) is 0 Å². The molecular weight excluding hydrogens is 225 g/mol. The lowest BCUT2D eigenvalue weighted by atomic mass is 10.2. The third kappa shape index (κ3) is 6.62. The van der Waals surface area contributed by atoms with Crippen molar-refractivity contribution in [1.29, 1.82) is 0 Å². The lowest BCUT2D eigenvalue weighted by Crippen LogP contribution is -2.43. The Morgan fingerprint density at radius 2 is 2.06 bits per heavy atom. The molecule has 0 aromatic rings. The van der Waals surface area contributed by atoms with Gasteiger partial charge in [0.1, 0.15) is 0 Å². The number of hydrogen-bond acceptors (Lipinski definition) is 3. The van der Waals surface area contributed by atoms with Crippen molar-refractivity contribution in [2.45, 2.75) is 25.1 Å². The molecule has 1 amide bonds. The molecule has 0 aliphatic heterocycles. The minimum absolute atomic E-state index is 0.297. The Kier molecular flexibility index (Phi) is 6.35. The molecule has 0 aromatic carbocycles. The van der Waals surface area contributed by atoms with Crippen LogP contribution in [0.15, 0.2) is 0 Å². The van der Waals surface area contributed by atoms with Crippen LogP contribution in [0.1, 0.15) is 12.8 Å². The number of rotatable bonds is 6. The molecule has 0 rings (SSSR count). The van der Waals surface area contributed by atoms with Crippen LogP contribution in [0.2, 0.25) is 0 Å². The second-order valence-electron chi connectivity index (χ2n) is 3.51. The molecular formula is C9H17F3N2O2. The van der Waals surface area contributed by atoms with E-state index in [9.17, 15) is 18.0 Å². The minimum Gasteiger partial charge on any atom is -0.385 e. The number of hydrogen-bond donors (Lipinski definition) is 1. The SMILES string of the molecule is COCCC(N)C(=O)N(C)CCC(F)(F)F. The van der Waals surface area contributed by atoms with Crippen LogP contribution in [0, 0.1) is 0 Å². The Morgan fingerprint density at radius 3 is 2.50 bits per heavy atom. The molecule has 4 nitrogen and oxygen atoms in total. The van der Waals surface area contributed by atoms with Gasteiger partial charge in [0.15, 0.2) is 0 Å². The van der Waals surface area contributed by atoms with Crippen molar-refractivity contribution in [3.63, 3.8) is 0 Å². The number of nitrogens with zero attached hydrogens (tertiary/aromatic N) is 1. The zero-order chi connectivity index (χ0) is 12.8. The first-order valence-electron chi connectivity index (χ1n) is 4.84. The second kappa shape index (κ2) is 6.70. The molecule has 1 unspecified atom stereocenters. The maximum Gasteiger partial charge on any atom is 0.390 e. The van der Waals surface area contributed by atoms with E-state index in [1.807, 2.05) is 0 Å². The number of likely N-dealkylation sites (N-methyl/N-ethyl adjacent to an activating group) is 1. The quantitative estimate of drug-likeness (QED) is 0.748. The molecule has 0 spiro atoms. The van der Waals surface area contributed by atoms with Crippen LogP contribution in [0.25, 0.3) is 0 Å². The molecule has 0 saturated carbocycles. The van der Waals surface area contributed by atoms with Crippen molar-refractivity contribution < 1.29 is 22.7 Å². The molecule has 1 atom stereocenters. The van der Waals surface area contributed by atoms with Gasteiger partial charge in [-0.3, -0.25) is 4.79 Å². The zero-order valence-electron chi connectivity index (χ0n) is 9.38. The van der Waals surface area contributed by atoms with E-state index in [4.69, 9.17) is 10.5 Å². The molecule has 0 saturated heterocycles. The third-order valence-electron chi connectivity index (χ3n) is 2.06. The van der Waals surface area contributed by atoms with Crippen LogP contribution in [0.4, 0.5) is 13.2 Å². The average molecular weight is 242 g/mol. The number of ether oxygens (including phenoxy) is 1. The smallest absolute Gasteiger partial charge is 0.385 e. The summed E-state index contributed by atoms with van der Waals surface area (Å²) in [5, 5.41) is 0. The maximum absolute atomic E-state index is 11.9. The molecule has 0 aliphatic rings. The number of methoxy groups -OCH3 is 1. The Hall–Kier alpha value is -0.820. The summed E-state index contributed by atoms with van der Waals surface area (Å²) in [5.41, 5.74) is 5.49. The molecule has 0 heterocycles. The highest BCUT2D eigenvalue weighted by molar-refractivity contribution is 5.81. The predicted octanol–water partition coefficient (Wildman–Crippen LogP) is 0.761. The van der Waals surface area contributed by atoms with Crippen molar-refractivity contribution in [3.05, 3.63) is 0 Å². The lowest BCUT2D eigenvalue weighted by Gasteiger charge is -2.21. The van der Waals surface area contributed by atoms with Crippen molar-refractivity contribution in [1.82, 2.24) is 4.90 Å². The molecule has 7 heteroatoms. The van der Waals surface area contributed by atoms with Gasteiger partial charge in [-0.05, 0) is 6.42 Å². The van der Waals surface area contributed by atoms with Gasteiger partial charge >= 0.3 is 6.18 Å². The van der Waals surface area contributed by atoms with Crippen LogP contribution >= 0.6 is 0 Å².